The van der Waals surface area contributed by atoms with Gasteiger partial charge >= 0.3 is 0 Å². The highest BCUT2D eigenvalue weighted by atomic mass is 79.9. The van der Waals surface area contributed by atoms with Gasteiger partial charge in [-0.15, -0.1) is 11.8 Å². The summed E-state index contributed by atoms with van der Waals surface area (Å²) in [7, 11) is 0. The van der Waals surface area contributed by atoms with E-state index in [-0.39, 0.29) is 5.82 Å². The molecule has 20 heavy (non-hydrogen) atoms. The summed E-state index contributed by atoms with van der Waals surface area (Å²) in [4.78, 5) is 1.12. The summed E-state index contributed by atoms with van der Waals surface area (Å²) < 4.78 is 14.4. The second kappa shape index (κ2) is 7.25. The van der Waals surface area contributed by atoms with E-state index in [1.165, 1.54) is 11.6 Å². The Kier molecular flexibility index (Phi) is 5.64. The fourth-order valence-corrected chi connectivity index (χ4v) is 3.08. The van der Waals surface area contributed by atoms with Crippen molar-refractivity contribution >= 4 is 27.7 Å². The summed E-state index contributed by atoms with van der Waals surface area (Å²) in [5.74, 6) is 0.280. The molecule has 0 fully saturated rings. The summed E-state index contributed by atoms with van der Waals surface area (Å²) in [6, 6.07) is 12.9. The molecule has 0 saturated heterocycles. The maximum atomic E-state index is 13.6. The zero-order valence-electron chi connectivity index (χ0n) is 11.1. The molecule has 0 radical (unpaired) electrons. The zero-order valence-corrected chi connectivity index (χ0v) is 13.5. The molecule has 2 aromatic carbocycles. The van der Waals surface area contributed by atoms with E-state index in [2.05, 4.69) is 15.9 Å². The minimum atomic E-state index is -0.565. The highest BCUT2D eigenvalue weighted by Gasteiger charge is 2.10. The van der Waals surface area contributed by atoms with Crippen LogP contribution in [0, 0.1) is 12.7 Å². The topological polar surface area (TPSA) is 20.2 Å². The van der Waals surface area contributed by atoms with Crippen molar-refractivity contribution in [3.05, 3.63) is 63.9 Å². The Bertz CT molecular complexity index is 571. The SMILES string of the molecule is Cc1ccc(SCC(O)Cc2cc(Br)ccc2F)cc1. The van der Waals surface area contributed by atoms with E-state index in [9.17, 15) is 9.50 Å². The van der Waals surface area contributed by atoms with Crippen molar-refractivity contribution in [3.63, 3.8) is 0 Å². The van der Waals surface area contributed by atoms with Crippen LogP contribution < -0.4 is 0 Å². The third kappa shape index (κ3) is 4.62. The second-order valence-corrected chi connectivity index (χ2v) is 6.73. The van der Waals surface area contributed by atoms with Crippen LogP contribution in [-0.2, 0) is 6.42 Å². The first-order valence-corrected chi connectivity index (χ1v) is 8.14. The molecular weight excluding hydrogens is 339 g/mol. The Labute approximate surface area is 131 Å². The molecule has 2 rings (SSSR count). The molecule has 1 N–H and O–H groups in total. The van der Waals surface area contributed by atoms with Crippen LogP contribution >= 0.6 is 27.7 Å². The summed E-state index contributed by atoms with van der Waals surface area (Å²) in [6.45, 7) is 2.04. The normalized spacial score (nSPS) is 12.4. The van der Waals surface area contributed by atoms with Gasteiger partial charge in [0.15, 0.2) is 0 Å². The lowest BCUT2D eigenvalue weighted by atomic mass is 10.1. The number of hydrogen-bond acceptors (Lipinski definition) is 2. The van der Waals surface area contributed by atoms with E-state index < -0.39 is 6.10 Å². The molecule has 0 spiro atoms. The molecule has 0 bridgehead atoms. The van der Waals surface area contributed by atoms with Crippen LogP contribution in [0.5, 0.6) is 0 Å². The highest BCUT2D eigenvalue weighted by molar-refractivity contribution is 9.10. The molecule has 1 nitrogen and oxygen atoms in total. The minimum absolute atomic E-state index is 0.271. The first-order chi connectivity index (χ1) is 9.54. The van der Waals surface area contributed by atoms with Crippen molar-refractivity contribution < 1.29 is 9.50 Å². The lowest BCUT2D eigenvalue weighted by molar-refractivity contribution is 0.198. The van der Waals surface area contributed by atoms with Gasteiger partial charge in [0.1, 0.15) is 5.82 Å². The Morgan fingerprint density at radius 3 is 2.60 bits per heavy atom. The number of aliphatic hydroxyl groups excluding tert-OH is 1. The van der Waals surface area contributed by atoms with E-state index in [0.29, 0.717) is 17.7 Å². The lowest BCUT2D eigenvalue weighted by Crippen LogP contribution is -2.14. The van der Waals surface area contributed by atoms with E-state index >= 15 is 0 Å². The van der Waals surface area contributed by atoms with Gasteiger partial charge in [0.05, 0.1) is 6.10 Å². The molecule has 0 aliphatic heterocycles. The maximum absolute atomic E-state index is 13.6. The minimum Gasteiger partial charge on any atom is -0.392 e. The molecule has 0 saturated carbocycles. The number of aliphatic hydroxyl groups is 1. The fraction of sp³-hybridized carbons (Fsp3) is 0.250. The molecule has 2 aromatic rings. The van der Waals surface area contributed by atoms with Gasteiger partial charge in [-0.05, 0) is 42.8 Å². The number of halogens is 2. The van der Waals surface area contributed by atoms with Crippen molar-refractivity contribution in [2.24, 2.45) is 0 Å². The van der Waals surface area contributed by atoms with Crippen molar-refractivity contribution in [1.82, 2.24) is 0 Å². The van der Waals surface area contributed by atoms with Crippen molar-refractivity contribution in [3.8, 4) is 0 Å². The maximum Gasteiger partial charge on any atom is 0.126 e. The summed E-state index contributed by atoms with van der Waals surface area (Å²) >= 11 is 4.90. The van der Waals surface area contributed by atoms with Crippen molar-refractivity contribution in [2.45, 2.75) is 24.3 Å². The second-order valence-electron chi connectivity index (χ2n) is 4.72. The first kappa shape index (κ1) is 15.5. The number of rotatable bonds is 5. The van der Waals surface area contributed by atoms with Gasteiger partial charge in [-0.25, -0.2) is 4.39 Å². The van der Waals surface area contributed by atoms with Crippen LogP contribution in [0.3, 0.4) is 0 Å². The molecule has 0 aliphatic carbocycles. The Hall–Kier alpha value is -0.840. The molecule has 4 heteroatoms. The zero-order chi connectivity index (χ0) is 14.5. The van der Waals surface area contributed by atoms with Crippen molar-refractivity contribution in [1.29, 1.82) is 0 Å². The van der Waals surface area contributed by atoms with Gasteiger partial charge in [-0.2, -0.15) is 0 Å². The third-order valence-corrected chi connectivity index (χ3v) is 4.58. The quantitative estimate of drug-likeness (QED) is 0.792. The average molecular weight is 355 g/mol. The van der Waals surface area contributed by atoms with Gasteiger partial charge in [-0.1, -0.05) is 33.6 Å². The fourth-order valence-electron chi connectivity index (χ4n) is 1.84. The molecule has 106 valence electrons. The van der Waals surface area contributed by atoms with Gasteiger partial charge in [0, 0.05) is 21.5 Å². The third-order valence-electron chi connectivity index (χ3n) is 2.93. The molecule has 1 atom stereocenters. The molecule has 0 heterocycles. The predicted molar refractivity (Wildman–Crippen MR) is 85.7 cm³/mol. The first-order valence-electron chi connectivity index (χ1n) is 6.36. The van der Waals surface area contributed by atoms with Gasteiger partial charge in [0.2, 0.25) is 0 Å². The Morgan fingerprint density at radius 1 is 1.20 bits per heavy atom. The molecular formula is C16H16BrFOS. The van der Waals surface area contributed by atoms with Gasteiger partial charge in [-0.3, -0.25) is 0 Å². The smallest absolute Gasteiger partial charge is 0.126 e. The predicted octanol–water partition coefficient (Wildman–Crippen LogP) is 4.59. The Balaban J connectivity index is 1.90. The lowest BCUT2D eigenvalue weighted by Gasteiger charge is -2.11. The van der Waals surface area contributed by atoms with Crippen LogP contribution in [0.25, 0.3) is 0 Å². The Morgan fingerprint density at radius 2 is 1.90 bits per heavy atom. The van der Waals surface area contributed by atoms with Gasteiger partial charge < -0.3 is 5.11 Å². The number of benzene rings is 2. The van der Waals surface area contributed by atoms with E-state index in [1.54, 1.807) is 23.9 Å². The van der Waals surface area contributed by atoms with E-state index in [4.69, 9.17) is 0 Å². The number of thioether (sulfide) groups is 1. The largest absolute Gasteiger partial charge is 0.392 e. The van der Waals surface area contributed by atoms with Crippen LogP contribution in [0.4, 0.5) is 4.39 Å². The summed E-state index contributed by atoms with van der Waals surface area (Å²) in [5, 5.41) is 10.0. The molecule has 0 amide bonds. The molecule has 0 aliphatic rings. The average Bonchev–Trinajstić information content (AvgIpc) is 2.42. The molecule has 0 aromatic heterocycles. The van der Waals surface area contributed by atoms with E-state index in [1.807, 2.05) is 31.2 Å². The highest BCUT2D eigenvalue weighted by Crippen LogP contribution is 2.22. The molecule has 1 unspecified atom stereocenters. The van der Waals surface area contributed by atoms with Gasteiger partial charge in [0.25, 0.3) is 0 Å². The van der Waals surface area contributed by atoms with Crippen LogP contribution in [0.15, 0.2) is 51.8 Å². The van der Waals surface area contributed by atoms with E-state index in [0.717, 1.165) is 9.37 Å². The van der Waals surface area contributed by atoms with Crippen LogP contribution in [-0.4, -0.2) is 17.0 Å². The monoisotopic (exact) mass is 354 g/mol. The summed E-state index contributed by atoms with van der Waals surface area (Å²) in [6.07, 6.45) is -0.241. The number of aryl methyl sites for hydroxylation is 1. The summed E-state index contributed by atoms with van der Waals surface area (Å²) in [5.41, 5.74) is 1.75. The van der Waals surface area contributed by atoms with Crippen molar-refractivity contribution in [2.75, 3.05) is 5.75 Å². The standard InChI is InChI=1S/C16H16BrFOS/c1-11-2-5-15(6-3-11)20-10-14(19)9-12-8-13(17)4-7-16(12)18/h2-8,14,19H,9-10H2,1H3. The number of hydrogen-bond donors (Lipinski definition) is 1. The van der Waals surface area contributed by atoms with Crippen LogP contribution in [0.1, 0.15) is 11.1 Å². The van der Waals surface area contributed by atoms with Crippen LogP contribution in [0.2, 0.25) is 0 Å².